The van der Waals surface area contributed by atoms with Crippen LogP contribution in [0.25, 0.3) is 0 Å². The predicted molar refractivity (Wildman–Crippen MR) is 93.0 cm³/mol. The van der Waals surface area contributed by atoms with E-state index in [1.54, 1.807) is 6.07 Å². The Balaban J connectivity index is 1.81. The van der Waals surface area contributed by atoms with E-state index >= 15 is 0 Å². The molecule has 0 bridgehead atoms. The third kappa shape index (κ3) is 2.31. The van der Waals surface area contributed by atoms with Crippen molar-refractivity contribution in [3.05, 3.63) is 34.4 Å². The molecule has 4 rings (SSSR count). The van der Waals surface area contributed by atoms with Crippen LogP contribution in [0.2, 0.25) is 0 Å². The molecule has 0 amide bonds. The summed E-state index contributed by atoms with van der Waals surface area (Å²) >= 11 is 5.81. The van der Waals surface area contributed by atoms with Crippen molar-refractivity contribution in [1.29, 1.82) is 0 Å². The van der Waals surface area contributed by atoms with E-state index in [4.69, 9.17) is 18.0 Å². The van der Waals surface area contributed by atoms with Crippen LogP contribution in [0.5, 0.6) is 0 Å². The molecule has 120 valence electrons. The van der Waals surface area contributed by atoms with Gasteiger partial charge in [-0.15, -0.1) is 0 Å². The second kappa shape index (κ2) is 5.28. The minimum Gasteiger partial charge on any atom is -0.384 e. The molecule has 0 unspecified atom stereocenters. The lowest BCUT2D eigenvalue weighted by molar-refractivity contribution is 0.259. The molecule has 2 aliphatic rings. The molecule has 4 N–H and O–H groups in total. The number of hydrogen-bond acceptors (Lipinski definition) is 6. The molecule has 0 radical (unpaired) electrons. The standard InChI is InChI=1S/C16H20N6S/c1-10-6-11(21-14-7-13(17)18-9-19-14)15(23)22-12(10)8-20-16(22)4-2-3-5-16/h6-7,9,20H,2-5,8H2,1H3,(H3,17,18,19,21). The predicted octanol–water partition coefficient (Wildman–Crippen LogP) is 2.97. The van der Waals surface area contributed by atoms with Crippen molar-refractivity contribution in [1.82, 2.24) is 19.9 Å². The van der Waals surface area contributed by atoms with Crippen molar-refractivity contribution < 1.29 is 0 Å². The van der Waals surface area contributed by atoms with E-state index in [1.807, 2.05) is 0 Å². The van der Waals surface area contributed by atoms with Gasteiger partial charge in [0.15, 0.2) is 0 Å². The minimum absolute atomic E-state index is 0.000430. The van der Waals surface area contributed by atoms with Gasteiger partial charge >= 0.3 is 0 Å². The highest BCUT2D eigenvalue weighted by Gasteiger charge is 2.41. The quantitative estimate of drug-likeness (QED) is 0.735. The molecule has 0 aromatic carbocycles. The van der Waals surface area contributed by atoms with Crippen molar-refractivity contribution in [2.75, 3.05) is 11.1 Å². The summed E-state index contributed by atoms with van der Waals surface area (Å²) in [5, 5.41) is 7.01. The van der Waals surface area contributed by atoms with Gasteiger partial charge in [-0.25, -0.2) is 9.97 Å². The summed E-state index contributed by atoms with van der Waals surface area (Å²) in [6, 6.07) is 3.81. The number of anilines is 3. The number of nitrogen functional groups attached to an aromatic ring is 1. The van der Waals surface area contributed by atoms with E-state index in [9.17, 15) is 0 Å². The fourth-order valence-corrected chi connectivity index (χ4v) is 4.20. The summed E-state index contributed by atoms with van der Waals surface area (Å²) in [4.78, 5) is 8.14. The Kier molecular flexibility index (Phi) is 3.35. The molecule has 0 atom stereocenters. The van der Waals surface area contributed by atoms with Crippen LogP contribution in [0.4, 0.5) is 17.3 Å². The zero-order valence-electron chi connectivity index (χ0n) is 13.1. The van der Waals surface area contributed by atoms with Crippen LogP contribution in [0.3, 0.4) is 0 Å². The highest BCUT2D eigenvalue weighted by Crippen LogP contribution is 2.41. The zero-order valence-corrected chi connectivity index (χ0v) is 13.9. The Hall–Kier alpha value is -1.99. The SMILES string of the molecule is Cc1cc(Nc2cc(N)ncn2)c(=S)n2c1CNC21CCCC1. The first-order valence-corrected chi connectivity index (χ1v) is 8.35. The third-order valence-electron chi connectivity index (χ3n) is 4.91. The number of fused-ring (bicyclic) bond motifs is 2. The number of aromatic nitrogens is 3. The molecule has 1 aliphatic heterocycles. The van der Waals surface area contributed by atoms with Crippen molar-refractivity contribution in [3.8, 4) is 0 Å². The van der Waals surface area contributed by atoms with Crippen molar-refractivity contribution in [2.24, 2.45) is 0 Å². The summed E-state index contributed by atoms with van der Waals surface area (Å²) in [6.07, 6.45) is 6.21. The number of pyridine rings is 1. The molecule has 23 heavy (non-hydrogen) atoms. The molecule has 6 nitrogen and oxygen atoms in total. The first-order valence-electron chi connectivity index (χ1n) is 7.95. The summed E-state index contributed by atoms with van der Waals surface area (Å²) in [6.45, 7) is 3.02. The van der Waals surface area contributed by atoms with E-state index in [1.165, 1.54) is 30.4 Å². The van der Waals surface area contributed by atoms with E-state index in [2.05, 4.69) is 38.2 Å². The van der Waals surface area contributed by atoms with E-state index in [-0.39, 0.29) is 5.66 Å². The Morgan fingerprint density at radius 1 is 1.30 bits per heavy atom. The van der Waals surface area contributed by atoms with Gasteiger partial charge in [-0.2, -0.15) is 0 Å². The Morgan fingerprint density at radius 2 is 2.09 bits per heavy atom. The van der Waals surface area contributed by atoms with Crippen molar-refractivity contribution in [3.63, 3.8) is 0 Å². The van der Waals surface area contributed by atoms with Gasteiger partial charge in [-0.3, -0.25) is 5.32 Å². The highest BCUT2D eigenvalue weighted by molar-refractivity contribution is 7.71. The Labute approximate surface area is 140 Å². The minimum atomic E-state index is -0.000430. The highest BCUT2D eigenvalue weighted by atomic mass is 32.1. The lowest BCUT2D eigenvalue weighted by atomic mass is 10.1. The molecule has 0 saturated heterocycles. The monoisotopic (exact) mass is 328 g/mol. The fraction of sp³-hybridized carbons (Fsp3) is 0.438. The maximum atomic E-state index is 5.81. The smallest absolute Gasteiger partial charge is 0.135 e. The summed E-state index contributed by atoms with van der Waals surface area (Å²) in [5.41, 5.74) is 9.16. The van der Waals surface area contributed by atoms with Crippen LogP contribution in [-0.4, -0.2) is 14.5 Å². The Morgan fingerprint density at radius 3 is 2.83 bits per heavy atom. The van der Waals surface area contributed by atoms with Crippen LogP contribution in [0, 0.1) is 11.6 Å². The second-order valence-electron chi connectivity index (χ2n) is 6.37. The van der Waals surface area contributed by atoms with Crippen LogP contribution >= 0.6 is 12.2 Å². The zero-order chi connectivity index (χ0) is 16.0. The topological polar surface area (TPSA) is 80.8 Å². The van der Waals surface area contributed by atoms with Crippen LogP contribution in [0.1, 0.15) is 36.9 Å². The first-order chi connectivity index (χ1) is 11.1. The van der Waals surface area contributed by atoms with Gasteiger partial charge in [0.05, 0.1) is 11.4 Å². The normalized spacial score (nSPS) is 18.3. The van der Waals surface area contributed by atoms with E-state index in [0.29, 0.717) is 11.6 Å². The van der Waals surface area contributed by atoms with Crippen LogP contribution in [0.15, 0.2) is 18.5 Å². The summed E-state index contributed by atoms with van der Waals surface area (Å²) in [7, 11) is 0. The molecule has 1 fully saturated rings. The van der Waals surface area contributed by atoms with Crippen LogP contribution < -0.4 is 16.4 Å². The van der Waals surface area contributed by atoms with E-state index < -0.39 is 0 Å². The van der Waals surface area contributed by atoms with Gasteiger partial charge in [0.2, 0.25) is 0 Å². The summed E-state index contributed by atoms with van der Waals surface area (Å²) in [5.74, 6) is 1.10. The number of rotatable bonds is 2. The molecule has 3 heterocycles. The molecule has 1 aliphatic carbocycles. The molecule has 1 spiro atoms. The molecule has 2 aromatic rings. The lowest BCUT2D eigenvalue weighted by Crippen LogP contribution is -2.39. The van der Waals surface area contributed by atoms with Crippen molar-refractivity contribution >= 4 is 29.5 Å². The molecular formula is C16H20N6S. The van der Waals surface area contributed by atoms with Gasteiger partial charge in [-0.1, -0.05) is 12.2 Å². The number of nitrogens with one attached hydrogen (secondary N) is 2. The van der Waals surface area contributed by atoms with Gasteiger partial charge in [-0.05, 0) is 44.2 Å². The molecular weight excluding hydrogens is 308 g/mol. The van der Waals surface area contributed by atoms with Crippen molar-refractivity contribution in [2.45, 2.75) is 44.8 Å². The third-order valence-corrected chi connectivity index (χ3v) is 5.32. The number of nitrogens with zero attached hydrogens (tertiary/aromatic N) is 3. The summed E-state index contributed by atoms with van der Waals surface area (Å²) < 4.78 is 3.16. The second-order valence-corrected chi connectivity index (χ2v) is 6.76. The molecule has 7 heteroatoms. The molecule has 2 aromatic heterocycles. The average Bonchev–Trinajstić information content (AvgIpc) is 3.13. The van der Waals surface area contributed by atoms with Gasteiger partial charge in [0.25, 0.3) is 0 Å². The largest absolute Gasteiger partial charge is 0.384 e. The van der Waals surface area contributed by atoms with E-state index in [0.717, 1.165) is 29.7 Å². The van der Waals surface area contributed by atoms with Gasteiger partial charge in [0, 0.05) is 18.3 Å². The number of hydrogen-bond donors (Lipinski definition) is 3. The number of nitrogens with two attached hydrogens (primary N) is 1. The van der Waals surface area contributed by atoms with Gasteiger partial charge < -0.3 is 15.6 Å². The maximum absolute atomic E-state index is 5.81. The van der Waals surface area contributed by atoms with Crippen LogP contribution in [-0.2, 0) is 12.2 Å². The number of aryl methyl sites for hydroxylation is 1. The Bertz CT molecular complexity index is 822. The fourth-order valence-electron chi connectivity index (χ4n) is 3.81. The maximum Gasteiger partial charge on any atom is 0.135 e. The average molecular weight is 328 g/mol. The first kappa shape index (κ1) is 14.6. The lowest BCUT2D eigenvalue weighted by Gasteiger charge is -2.29. The molecule has 1 saturated carbocycles. The van der Waals surface area contributed by atoms with Gasteiger partial charge in [0.1, 0.15) is 22.6 Å².